The van der Waals surface area contributed by atoms with Crippen LogP contribution in [0.25, 0.3) is 0 Å². The maximum Gasteiger partial charge on any atom is 0.136 e. The average Bonchev–Trinajstić information content (AvgIpc) is 2.28. The van der Waals surface area contributed by atoms with E-state index in [1.165, 1.54) is 0 Å². The average molecular weight is 226 g/mol. The van der Waals surface area contributed by atoms with Crippen LogP contribution in [0.3, 0.4) is 0 Å². The van der Waals surface area contributed by atoms with Crippen LogP contribution in [-0.2, 0) is 22.5 Å². The molecule has 1 aromatic rings. The Labute approximate surface area is 93.6 Å². The number of nitrogens with zero attached hydrogens (tertiary/aromatic N) is 1. The first-order chi connectivity index (χ1) is 7.22. The summed E-state index contributed by atoms with van der Waals surface area (Å²) < 4.78 is 11.2. The zero-order valence-corrected chi connectivity index (χ0v) is 9.69. The van der Waals surface area contributed by atoms with E-state index in [1.807, 2.05) is 6.92 Å². The van der Waals surface area contributed by atoms with Crippen molar-refractivity contribution in [3.8, 4) is 0 Å². The molecule has 0 saturated carbocycles. The standard InChI is InChI=1S/C10H14N2O2S/c1-6(13-2)9-11-8-3-4-14-5-7(8)10(15)12-9/h6H,3-5H2,1-2H3,(H,11,12,15). The number of rotatable bonds is 2. The van der Waals surface area contributed by atoms with Crippen LogP contribution in [0.5, 0.6) is 0 Å². The number of nitrogens with one attached hydrogen (secondary N) is 1. The number of aromatic amines is 1. The summed E-state index contributed by atoms with van der Waals surface area (Å²) in [6.07, 6.45) is 0.810. The van der Waals surface area contributed by atoms with Crippen molar-refractivity contribution in [3.05, 3.63) is 21.7 Å². The molecule has 0 saturated heterocycles. The highest BCUT2D eigenvalue weighted by molar-refractivity contribution is 7.71. The molecule has 82 valence electrons. The second-order valence-electron chi connectivity index (χ2n) is 3.56. The molecule has 1 aliphatic rings. The van der Waals surface area contributed by atoms with Gasteiger partial charge < -0.3 is 14.5 Å². The number of ether oxygens (including phenoxy) is 2. The lowest BCUT2D eigenvalue weighted by Gasteiger charge is -2.18. The second kappa shape index (κ2) is 4.38. The maximum atomic E-state index is 5.35. The van der Waals surface area contributed by atoms with Crippen molar-refractivity contribution in [2.75, 3.05) is 13.7 Å². The Balaban J connectivity index is 2.45. The van der Waals surface area contributed by atoms with Crippen molar-refractivity contribution >= 4 is 12.2 Å². The van der Waals surface area contributed by atoms with Gasteiger partial charge in [0.2, 0.25) is 0 Å². The predicted octanol–water partition coefficient (Wildman–Crippen LogP) is 1.92. The van der Waals surface area contributed by atoms with E-state index in [1.54, 1.807) is 7.11 Å². The van der Waals surface area contributed by atoms with E-state index >= 15 is 0 Å². The minimum absolute atomic E-state index is 0.0557. The minimum Gasteiger partial charge on any atom is -0.376 e. The molecular formula is C10H14N2O2S. The van der Waals surface area contributed by atoms with E-state index in [2.05, 4.69) is 9.97 Å². The fourth-order valence-corrected chi connectivity index (χ4v) is 1.86. The highest BCUT2D eigenvalue weighted by atomic mass is 32.1. The molecule has 1 aliphatic heterocycles. The molecule has 1 aromatic heterocycles. The molecule has 15 heavy (non-hydrogen) atoms. The SMILES string of the molecule is COC(C)c1nc(=S)c2c([nH]1)CCOC2. The predicted molar refractivity (Wildman–Crippen MR) is 58.2 cm³/mol. The fraction of sp³-hybridized carbons (Fsp3) is 0.600. The molecule has 4 nitrogen and oxygen atoms in total. The molecule has 1 N–H and O–H groups in total. The van der Waals surface area contributed by atoms with Gasteiger partial charge in [-0.05, 0) is 6.92 Å². The quantitative estimate of drug-likeness (QED) is 0.783. The van der Waals surface area contributed by atoms with Gasteiger partial charge in [-0.1, -0.05) is 12.2 Å². The lowest BCUT2D eigenvalue weighted by molar-refractivity contribution is 0.101. The van der Waals surface area contributed by atoms with Crippen LogP contribution < -0.4 is 0 Å². The lowest BCUT2D eigenvalue weighted by Crippen LogP contribution is -2.16. The van der Waals surface area contributed by atoms with Crippen molar-refractivity contribution < 1.29 is 9.47 Å². The molecule has 0 radical (unpaired) electrons. The first-order valence-electron chi connectivity index (χ1n) is 4.95. The topological polar surface area (TPSA) is 47.1 Å². The molecule has 0 amide bonds. The Morgan fingerprint density at radius 3 is 3.13 bits per heavy atom. The van der Waals surface area contributed by atoms with Gasteiger partial charge in [0.1, 0.15) is 16.6 Å². The molecule has 1 unspecified atom stereocenters. The summed E-state index contributed by atoms with van der Waals surface area (Å²) in [6, 6.07) is 0. The number of hydrogen-bond donors (Lipinski definition) is 1. The largest absolute Gasteiger partial charge is 0.376 e. The van der Waals surface area contributed by atoms with E-state index in [9.17, 15) is 0 Å². The van der Waals surface area contributed by atoms with Gasteiger partial charge in [0.05, 0.1) is 13.2 Å². The monoisotopic (exact) mass is 226 g/mol. The highest BCUT2D eigenvalue weighted by Crippen LogP contribution is 2.18. The normalized spacial score (nSPS) is 17.2. The number of methoxy groups -OCH3 is 1. The zero-order valence-electron chi connectivity index (χ0n) is 8.87. The summed E-state index contributed by atoms with van der Waals surface area (Å²) in [6.45, 7) is 3.25. The molecule has 2 rings (SSSR count). The Morgan fingerprint density at radius 1 is 1.60 bits per heavy atom. The van der Waals surface area contributed by atoms with Gasteiger partial charge in [-0.3, -0.25) is 0 Å². The van der Waals surface area contributed by atoms with Crippen LogP contribution in [0.1, 0.15) is 30.1 Å². The Bertz CT molecular complexity index is 416. The first-order valence-corrected chi connectivity index (χ1v) is 5.35. The van der Waals surface area contributed by atoms with Gasteiger partial charge in [-0.2, -0.15) is 0 Å². The van der Waals surface area contributed by atoms with Crippen LogP contribution in [0, 0.1) is 4.64 Å². The summed E-state index contributed by atoms with van der Waals surface area (Å²) in [5.41, 5.74) is 2.16. The Hall–Kier alpha value is -0.780. The maximum absolute atomic E-state index is 5.35. The summed E-state index contributed by atoms with van der Waals surface area (Å²) in [4.78, 5) is 7.59. The third-order valence-corrected chi connectivity index (χ3v) is 2.94. The van der Waals surface area contributed by atoms with E-state index in [0.717, 1.165) is 30.1 Å². The van der Waals surface area contributed by atoms with Crippen molar-refractivity contribution in [3.63, 3.8) is 0 Å². The summed E-state index contributed by atoms with van der Waals surface area (Å²) in [5, 5.41) is 0. The zero-order chi connectivity index (χ0) is 10.8. The van der Waals surface area contributed by atoms with E-state index in [0.29, 0.717) is 11.2 Å². The third-order valence-electron chi connectivity index (χ3n) is 2.60. The van der Waals surface area contributed by atoms with Gasteiger partial charge in [-0.25, -0.2) is 4.98 Å². The highest BCUT2D eigenvalue weighted by Gasteiger charge is 2.15. The second-order valence-corrected chi connectivity index (χ2v) is 3.95. The molecule has 5 heteroatoms. The van der Waals surface area contributed by atoms with Gasteiger partial charge in [0, 0.05) is 24.8 Å². The lowest BCUT2D eigenvalue weighted by atomic mass is 10.1. The Morgan fingerprint density at radius 2 is 2.40 bits per heavy atom. The van der Waals surface area contributed by atoms with Crippen LogP contribution in [-0.4, -0.2) is 23.7 Å². The third kappa shape index (κ3) is 2.09. The van der Waals surface area contributed by atoms with Crippen molar-refractivity contribution in [1.29, 1.82) is 0 Å². The smallest absolute Gasteiger partial charge is 0.136 e. The number of aromatic nitrogens is 2. The molecule has 0 fully saturated rings. The molecule has 0 aromatic carbocycles. The number of H-pyrrole nitrogens is 1. The number of fused-ring (bicyclic) bond motifs is 1. The first kappa shape index (κ1) is 10.7. The molecule has 0 aliphatic carbocycles. The van der Waals surface area contributed by atoms with E-state index < -0.39 is 0 Å². The molecule has 0 spiro atoms. The van der Waals surface area contributed by atoms with Crippen molar-refractivity contribution in [2.24, 2.45) is 0 Å². The van der Waals surface area contributed by atoms with Gasteiger partial charge in [0.25, 0.3) is 0 Å². The van der Waals surface area contributed by atoms with Crippen LogP contribution >= 0.6 is 12.2 Å². The van der Waals surface area contributed by atoms with E-state index in [-0.39, 0.29) is 6.10 Å². The summed E-state index contributed by atoms with van der Waals surface area (Å²) >= 11 is 5.23. The molecule has 1 atom stereocenters. The number of hydrogen-bond acceptors (Lipinski definition) is 4. The Kier molecular flexibility index (Phi) is 3.14. The fourth-order valence-electron chi connectivity index (χ4n) is 1.58. The van der Waals surface area contributed by atoms with Gasteiger partial charge >= 0.3 is 0 Å². The van der Waals surface area contributed by atoms with Crippen LogP contribution in [0.15, 0.2) is 0 Å². The van der Waals surface area contributed by atoms with Gasteiger partial charge in [0.15, 0.2) is 0 Å². The van der Waals surface area contributed by atoms with Crippen LogP contribution in [0.4, 0.5) is 0 Å². The minimum atomic E-state index is -0.0557. The molecular weight excluding hydrogens is 212 g/mol. The summed E-state index contributed by atoms with van der Waals surface area (Å²) in [5.74, 6) is 0.795. The van der Waals surface area contributed by atoms with E-state index in [4.69, 9.17) is 21.7 Å². The van der Waals surface area contributed by atoms with Gasteiger partial charge in [-0.15, -0.1) is 0 Å². The van der Waals surface area contributed by atoms with Crippen LogP contribution in [0.2, 0.25) is 0 Å². The van der Waals surface area contributed by atoms with Crippen molar-refractivity contribution in [1.82, 2.24) is 9.97 Å². The van der Waals surface area contributed by atoms with Crippen molar-refractivity contribution in [2.45, 2.75) is 26.1 Å². The summed E-state index contributed by atoms with van der Waals surface area (Å²) in [7, 11) is 1.66. The molecule has 2 heterocycles. The molecule has 0 bridgehead atoms.